The van der Waals surface area contributed by atoms with Crippen LogP contribution in [0.2, 0.25) is 5.02 Å². The van der Waals surface area contributed by atoms with Gasteiger partial charge >= 0.3 is 0 Å². The minimum Gasteiger partial charge on any atom is -0.328 e. The Morgan fingerprint density at radius 2 is 2.31 bits per heavy atom. The van der Waals surface area contributed by atoms with Gasteiger partial charge in [0.15, 0.2) is 0 Å². The van der Waals surface area contributed by atoms with E-state index in [1.807, 2.05) is 35.9 Å². The van der Waals surface area contributed by atoms with Gasteiger partial charge in [-0.15, -0.1) is 0 Å². The van der Waals surface area contributed by atoms with Crippen LogP contribution in [0.25, 0.3) is 5.69 Å². The van der Waals surface area contributed by atoms with E-state index in [1.54, 1.807) is 12.5 Å². The van der Waals surface area contributed by atoms with E-state index in [9.17, 15) is 0 Å². The molecule has 1 aromatic heterocycles. The van der Waals surface area contributed by atoms with Crippen LogP contribution in [0.4, 0.5) is 0 Å². The molecule has 0 fully saturated rings. The zero-order chi connectivity index (χ0) is 11.5. The van der Waals surface area contributed by atoms with Gasteiger partial charge < -0.3 is 10.3 Å². The number of nitrogens with zero attached hydrogens (tertiary/aromatic N) is 2. The van der Waals surface area contributed by atoms with E-state index in [1.165, 1.54) is 0 Å². The summed E-state index contributed by atoms with van der Waals surface area (Å²) in [7, 11) is 0. The smallest absolute Gasteiger partial charge is 0.0991 e. The van der Waals surface area contributed by atoms with Crippen molar-refractivity contribution in [3.8, 4) is 5.69 Å². The molecule has 16 heavy (non-hydrogen) atoms. The normalized spacial score (nSPS) is 12.7. The maximum Gasteiger partial charge on any atom is 0.0991 e. The molecule has 0 radical (unpaired) electrons. The van der Waals surface area contributed by atoms with E-state index < -0.39 is 0 Å². The number of halogens is 1. The summed E-state index contributed by atoms with van der Waals surface area (Å²) in [5.74, 6) is 0. The number of aromatic nitrogens is 2. The maximum absolute atomic E-state index is 6.20. The lowest BCUT2D eigenvalue weighted by Crippen LogP contribution is -2.17. The zero-order valence-corrected chi connectivity index (χ0v) is 9.85. The van der Waals surface area contributed by atoms with Gasteiger partial charge in [0.1, 0.15) is 0 Å². The summed E-state index contributed by atoms with van der Waals surface area (Å²) >= 11 is 6.20. The van der Waals surface area contributed by atoms with Crippen LogP contribution in [0, 0.1) is 0 Å². The molecule has 3 nitrogen and oxygen atoms in total. The third-order valence-corrected chi connectivity index (χ3v) is 2.73. The Morgan fingerprint density at radius 3 is 2.88 bits per heavy atom. The molecule has 0 aliphatic rings. The van der Waals surface area contributed by atoms with Gasteiger partial charge in [-0.25, -0.2) is 4.98 Å². The maximum atomic E-state index is 6.20. The van der Waals surface area contributed by atoms with Gasteiger partial charge in [-0.1, -0.05) is 17.7 Å². The van der Waals surface area contributed by atoms with Gasteiger partial charge in [0.2, 0.25) is 0 Å². The molecule has 0 spiro atoms. The first-order valence-corrected chi connectivity index (χ1v) is 5.57. The Morgan fingerprint density at radius 1 is 1.50 bits per heavy atom. The molecule has 0 bridgehead atoms. The van der Waals surface area contributed by atoms with Crippen LogP contribution in [0.15, 0.2) is 36.9 Å². The van der Waals surface area contributed by atoms with Crippen LogP contribution in [0.3, 0.4) is 0 Å². The summed E-state index contributed by atoms with van der Waals surface area (Å²) in [5.41, 5.74) is 7.85. The number of imidazole rings is 1. The Balaban J connectivity index is 2.29. The second kappa shape index (κ2) is 4.68. The molecule has 1 heterocycles. The fourth-order valence-corrected chi connectivity index (χ4v) is 1.87. The zero-order valence-electron chi connectivity index (χ0n) is 9.10. The van der Waals surface area contributed by atoms with Gasteiger partial charge in [-0.3, -0.25) is 0 Å². The first-order chi connectivity index (χ1) is 7.66. The van der Waals surface area contributed by atoms with E-state index in [4.69, 9.17) is 17.3 Å². The SMILES string of the molecule is CC(N)Cc1ccc(-n2ccnc2)cc1Cl. The van der Waals surface area contributed by atoms with E-state index in [2.05, 4.69) is 4.98 Å². The quantitative estimate of drug-likeness (QED) is 0.888. The molecule has 0 saturated carbocycles. The monoisotopic (exact) mass is 235 g/mol. The van der Waals surface area contributed by atoms with Crippen LogP contribution in [-0.4, -0.2) is 15.6 Å². The van der Waals surface area contributed by atoms with Gasteiger partial charge in [0.05, 0.1) is 6.33 Å². The van der Waals surface area contributed by atoms with Crippen molar-refractivity contribution >= 4 is 11.6 Å². The molecule has 0 aliphatic heterocycles. The molecule has 1 aromatic carbocycles. The van der Waals surface area contributed by atoms with Gasteiger partial charge in [0, 0.05) is 29.1 Å². The average Bonchev–Trinajstić information content (AvgIpc) is 2.73. The van der Waals surface area contributed by atoms with Crippen molar-refractivity contribution in [1.82, 2.24) is 9.55 Å². The van der Waals surface area contributed by atoms with Gasteiger partial charge in [-0.2, -0.15) is 0 Å². The number of hydrogen-bond donors (Lipinski definition) is 1. The highest BCUT2D eigenvalue weighted by atomic mass is 35.5. The Labute approximate surface area is 99.9 Å². The number of hydrogen-bond acceptors (Lipinski definition) is 2. The molecule has 4 heteroatoms. The van der Waals surface area contributed by atoms with Crippen LogP contribution in [-0.2, 0) is 6.42 Å². The van der Waals surface area contributed by atoms with E-state index in [-0.39, 0.29) is 6.04 Å². The molecule has 1 atom stereocenters. The largest absolute Gasteiger partial charge is 0.328 e. The standard InChI is InChI=1S/C12H14ClN3/c1-9(14)6-10-2-3-11(7-12(10)13)16-5-4-15-8-16/h2-5,7-9H,6,14H2,1H3. The van der Waals surface area contributed by atoms with Crippen molar-refractivity contribution in [2.75, 3.05) is 0 Å². The lowest BCUT2D eigenvalue weighted by atomic mass is 10.1. The minimum atomic E-state index is 0.122. The van der Waals surface area contributed by atoms with Crippen LogP contribution in [0.5, 0.6) is 0 Å². The molecule has 2 N–H and O–H groups in total. The van der Waals surface area contributed by atoms with Crippen molar-refractivity contribution in [2.45, 2.75) is 19.4 Å². The Kier molecular flexibility index (Phi) is 3.27. The second-order valence-corrected chi connectivity index (χ2v) is 4.33. The van der Waals surface area contributed by atoms with Crippen LogP contribution < -0.4 is 5.73 Å². The molecular weight excluding hydrogens is 222 g/mol. The van der Waals surface area contributed by atoms with Gasteiger partial charge in [0.25, 0.3) is 0 Å². The fraction of sp³-hybridized carbons (Fsp3) is 0.250. The lowest BCUT2D eigenvalue weighted by molar-refractivity contribution is 0.738. The number of rotatable bonds is 3. The Hall–Kier alpha value is -1.32. The van der Waals surface area contributed by atoms with Crippen molar-refractivity contribution < 1.29 is 0 Å². The van der Waals surface area contributed by atoms with E-state index in [0.29, 0.717) is 0 Å². The predicted molar refractivity (Wildman–Crippen MR) is 65.9 cm³/mol. The Bertz CT molecular complexity index is 463. The topological polar surface area (TPSA) is 43.8 Å². The molecule has 2 rings (SSSR count). The third-order valence-electron chi connectivity index (χ3n) is 2.38. The third kappa shape index (κ3) is 2.43. The van der Waals surface area contributed by atoms with Crippen molar-refractivity contribution in [3.05, 3.63) is 47.5 Å². The van der Waals surface area contributed by atoms with Crippen LogP contribution in [0.1, 0.15) is 12.5 Å². The highest BCUT2D eigenvalue weighted by Crippen LogP contribution is 2.21. The van der Waals surface area contributed by atoms with E-state index >= 15 is 0 Å². The molecule has 0 saturated heterocycles. The summed E-state index contributed by atoms with van der Waals surface area (Å²) in [6.45, 7) is 1.97. The molecule has 84 valence electrons. The first kappa shape index (κ1) is 11.2. The van der Waals surface area contributed by atoms with E-state index in [0.717, 1.165) is 22.7 Å². The molecule has 2 aromatic rings. The summed E-state index contributed by atoms with van der Waals surface area (Å²) in [6.07, 6.45) is 6.17. The molecule has 1 unspecified atom stereocenters. The fourth-order valence-electron chi connectivity index (χ4n) is 1.62. The summed E-state index contributed by atoms with van der Waals surface area (Å²) < 4.78 is 1.92. The molecular formula is C12H14ClN3. The van der Waals surface area contributed by atoms with Crippen LogP contribution >= 0.6 is 11.6 Å². The average molecular weight is 236 g/mol. The lowest BCUT2D eigenvalue weighted by Gasteiger charge is -2.09. The summed E-state index contributed by atoms with van der Waals surface area (Å²) in [4.78, 5) is 4.00. The highest BCUT2D eigenvalue weighted by molar-refractivity contribution is 6.31. The highest BCUT2D eigenvalue weighted by Gasteiger charge is 2.05. The molecule has 0 aliphatic carbocycles. The number of nitrogens with two attached hydrogens (primary N) is 1. The number of benzene rings is 1. The second-order valence-electron chi connectivity index (χ2n) is 3.93. The molecule has 0 amide bonds. The first-order valence-electron chi connectivity index (χ1n) is 5.19. The van der Waals surface area contributed by atoms with Crippen molar-refractivity contribution in [2.24, 2.45) is 5.73 Å². The van der Waals surface area contributed by atoms with Crippen molar-refractivity contribution in [3.63, 3.8) is 0 Å². The van der Waals surface area contributed by atoms with Crippen molar-refractivity contribution in [1.29, 1.82) is 0 Å². The minimum absolute atomic E-state index is 0.122. The summed E-state index contributed by atoms with van der Waals surface area (Å²) in [6, 6.07) is 6.09. The predicted octanol–water partition coefficient (Wildman–Crippen LogP) is 2.42. The van der Waals surface area contributed by atoms with Gasteiger partial charge in [-0.05, 0) is 31.0 Å². The summed E-state index contributed by atoms with van der Waals surface area (Å²) in [5, 5.41) is 0.753.